The molecule has 2 heteroatoms. The van der Waals surface area contributed by atoms with Crippen LogP contribution in [0.15, 0.2) is 24.3 Å². The summed E-state index contributed by atoms with van der Waals surface area (Å²) in [5.41, 5.74) is 0. The minimum absolute atomic E-state index is 0. The molecule has 0 heterocycles. The average molecular weight is 303 g/mol. The SMILES string of the molecule is OCCCC1C=CC=C1.[Hf]. The van der Waals surface area contributed by atoms with Gasteiger partial charge < -0.3 is 5.11 Å². The summed E-state index contributed by atoms with van der Waals surface area (Å²) >= 11 is 0. The molecule has 0 fully saturated rings. The van der Waals surface area contributed by atoms with Crippen molar-refractivity contribution < 1.29 is 30.9 Å². The van der Waals surface area contributed by atoms with E-state index in [1.54, 1.807) is 0 Å². The molecule has 0 saturated heterocycles. The molecule has 10 heavy (non-hydrogen) atoms. The Kier molecular flexibility index (Phi) is 6.24. The van der Waals surface area contributed by atoms with Crippen molar-refractivity contribution in [3.05, 3.63) is 24.3 Å². The Labute approximate surface area is 80.6 Å². The summed E-state index contributed by atoms with van der Waals surface area (Å²) in [6.45, 7) is 0.318. The molecule has 0 bridgehead atoms. The number of allylic oxidation sites excluding steroid dienone is 4. The van der Waals surface area contributed by atoms with Gasteiger partial charge in [-0.05, 0) is 18.8 Å². The van der Waals surface area contributed by atoms with E-state index in [1.165, 1.54) is 0 Å². The number of aliphatic hydroxyl groups is 1. The minimum Gasteiger partial charge on any atom is -0.396 e. The molecule has 0 saturated carbocycles. The first-order valence-corrected chi connectivity index (χ1v) is 3.39. The molecule has 1 aliphatic carbocycles. The van der Waals surface area contributed by atoms with Crippen LogP contribution in [0.3, 0.4) is 0 Å². The van der Waals surface area contributed by atoms with Gasteiger partial charge in [-0.1, -0.05) is 24.3 Å². The molecule has 0 amide bonds. The Morgan fingerprint density at radius 1 is 1.20 bits per heavy atom. The zero-order chi connectivity index (χ0) is 6.53. The topological polar surface area (TPSA) is 20.2 Å². The predicted molar refractivity (Wildman–Crippen MR) is 38.1 cm³/mol. The summed E-state index contributed by atoms with van der Waals surface area (Å²) in [6, 6.07) is 0. The van der Waals surface area contributed by atoms with Gasteiger partial charge >= 0.3 is 0 Å². The first-order chi connectivity index (χ1) is 4.43. The Morgan fingerprint density at radius 2 is 1.80 bits per heavy atom. The third kappa shape index (κ3) is 3.47. The van der Waals surface area contributed by atoms with Crippen LogP contribution in [0.5, 0.6) is 0 Å². The van der Waals surface area contributed by atoms with Crippen LogP contribution in [0.2, 0.25) is 0 Å². The number of hydrogen-bond acceptors (Lipinski definition) is 1. The number of hydrogen-bond donors (Lipinski definition) is 1. The summed E-state index contributed by atoms with van der Waals surface area (Å²) in [5.74, 6) is 0.595. The zero-order valence-corrected chi connectivity index (χ0v) is 9.55. The van der Waals surface area contributed by atoms with Gasteiger partial charge in [0, 0.05) is 32.5 Å². The second kappa shape index (κ2) is 6.05. The van der Waals surface area contributed by atoms with Gasteiger partial charge in [0.1, 0.15) is 0 Å². The zero-order valence-electron chi connectivity index (χ0n) is 5.96. The van der Waals surface area contributed by atoms with E-state index in [9.17, 15) is 0 Å². The molecule has 0 aromatic carbocycles. The first-order valence-electron chi connectivity index (χ1n) is 3.39. The van der Waals surface area contributed by atoms with Crippen molar-refractivity contribution in [1.29, 1.82) is 0 Å². The molecule has 0 radical (unpaired) electrons. The van der Waals surface area contributed by atoms with E-state index in [0.717, 1.165) is 12.8 Å². The quantitative estimate of drug-likeness (QED) is 0.784. The van der Waals surface area contributed by atoms with E-state index in [1.807, 2.05) is 0 Å². The molecule has 1 rings (SSSR count). The molecular formula is C8H12HfO. The molecule has 0 spiro atoms. The molecule has 0 aliphatic heterocycles. The summed E-state index contributed by atoms with van der Waals surface area (Å²) < 4.78 is 0. The summed E-state index contributed by atoms with van der Waals surface area (Å²) in [5, 5.41) is 8.48. The standard InChI is InChI=1S/C8H12O.Hf/c9-7-3-6-8-4-1-2-5-8;/h1-2,4-5,8-9H,3,6-7H2;. The van der Waals surface area contributed by atoms with Gasteiger partial charge in [0.25, 0.3) is 0 Å². The Hall–Kier alpha value is 0.310. The first kappa shape index (κ1) is 10.3. The third-order valence-corrected chi connectivity index (χ3v) is 1.52. The Morgan fingerprint density at radius 3 is 2.30 bits per heavy atom. The van der Waals surface area contributed by atoms with Crippen LogP contribution in [-0.4, -0.2) is 11.7 Å². The molecule has 0 aromatic heterocycles. The molecule has 0 atom stereocenters. The molecule has 0 aromatic rings. The second-order valence-corrected chi connectivity index (χ2v) is 2.30. The normalized spacial score (nSPS) is 15.7. The van der Waals surface area contributed by atoms with Gasteiger partial charge in [-0.25, -0.2) is 0 Å². The van der Waals surface area contributed by atoms with Crippen molar-refractivity contribution in [3.63, 3.8) is 0 Å². The van der Waals surface area contributed by atoms with Crippen LogP contribution < -0.4 is 0 Å². The molecule has 1 N–H and O–H groups in total. The van der Waals surface area contributed by atoms with Crippen molar-refractivity contribution in [2.75, 3.05) is 6.61 Å². The monoisotopic (exact) mass is 304 g/mol. The van der Waals surface area contributed by atoms with Crippen LogP contribution in [0.1, 0.15) is 12.8 Å². The molecule has 1 nitrogen and oxygen atoms in total. The molecule has 1 aliphatic rings. The largest absolute Gasteiger partial charge is 0.396 e. The van der Waals surface area contributed by atoms with Gasteiger partial charge in [0.05, 0.1) is 0 Å². The number of rotatable bonds is 3. The smallest absolute Gasteiger partial charge is 0.0431 e. The maximum absolute atomic E-state index is 8.48. The summed E-state index contributed by atoms with van der Waals surface area (Å²) in [4.78, 5) is 0. The van der Waals surface area contributed by atoms with Gasteiger partial charge in [0.2, 0.25) is 0 Å². The van der Waals surface area contributed by atoms with Gasteiger partial charge in [-0.2, -0.15) is 0 Å². The van der Waals surface area contributed by atoms with E-state index in [-0.39, 0.29) is 25.8 Å². The van der Waals surface area contributed by atoms with E-state index in [2.05, 4.69) is 24.3 Å². The van der Waals surface area contributed by atoms with Crippen molar-refractivity contribution in [2.45, 2.75) is 12.8 Å². The molecule has 54 valence electrons. The fourth-order valence-electron chi connectivity index (χ4n) is 0.997. The van der Waals surface area contributed by atoms with E-state index >= 15 is 0 Å². The van der Waals surface area contributed by atoms with Crippen molar-refractivity contribution in [2.24, 2.45) is 5.92 Å². The van der Waals surface area contributed by atoms with Crippen LogP contribution in [0, 0.1) is 5.92 Å². The fraction of sp³-hybridized carbons (Fsp3) is 0.500. The number of aliphatic hydroxyl groups excluding tert-OH is 1. The average Bonchev–Trinajstić information content (AvgIpc) is 2.34. The molecular weight excluding hydrogens is 291 g/mol. The van der Waals surface area contributed by atoms with E-state index in [0.29, 0.717) is 12.5 Å². The van der Waals surface area contributed by atoms with Crippen LogP contribution in [-0.2, 0) is 25.8 Å². The fourth-order valence-corrected chi connectivity index (χ4v) is 0.997. The van der Waals surface area contributed by atoms with Gasteiger partial charge in [-0.15, -0.1) is 0 Å². The second-order valence-electron chi connectivity index (χ2n) is 2.30. The van der Waals surface area contributed by atoms with Crippen molar-refractivity contribution in [3.8, 4) is 0 Å². The maximum Gasteiger partial charge on any atom is 0.0431 e. The molecule has 0 unspecified atom stereocenters. The Bertz CT molecular complexity index is 117. The summed E-state index contributed by atoms with van der Waals surface area (Å²) in [7, 11) is 0. The summed E-state index contributed by atoms with van der Waals surface area (Å²) in [6.07, 6.45) is 10.4. The third-order valence-electron chi connectivity index (χ3n) is 1.52. The van der Waals surface area contributed by atoms with Crippen LogP contribution >= 0.6 is 0 Å². The minimum atomic E-state index is 0. The van der Waals surface area contributed by atoms with E-state index in [4.69, 9.17) is 5.11 Å². The van der Waals surface area contributed by atoms with Gasteiger partial charge in [0.15, 0.2) is 0 Å². The Balaban J connectivity index is 0.000000810. The van der Waals surface area contributed by atoms with Crippen molar-refractivity contribution in [1.82, 2.24) is 0 Å². The van der Waals surface area contributed by atoms with Crippen LogP contribution in [0.25, 0.3) is 0 Å². The van der Waals surface area contributed by atoms with Gasteiger partial charge in [-0.3, -0.25) is 0 Å². The maximum atomic E-state index is 8.48. The van der Waals surface area contributed by atoms with Crippen molar-refractivity contribution >= 4 is 0 Å². The van der Waals surface area contributed by atoms with Crippen LogP contribution in [0.4, 0.5) is 0 Å². The van der Waals surface area contributed by atoms with E-state index < -0.39 is 0 Å². The predicted octanol–water partition coefficient (Wildman–Crippen LogP) is 1.50.